The molecule has 11 heteroatoms. The molecule has 8 nitrogen and oxygen atoms in total. The first kappa shape index (κ1) is 21.6. The monoisotopic (exact) mass is 472 g/mol. The first-order chi connectivity index (χ1) is 15.2. The Bertz CT molecular complexity index is 1480. The lowest BCUT2D eigenvalue weighted by Crippen LogP contribution is -2.07. The van der Waals surface area contributed by atoms with Crippen molar-refractivity contribution in [2.24, 2.45) is 0 Å². The molecule has 0 atom stereocenters. The molecule has 162 valence electrons. The molecular weight excluding hydrogens is 459 g/mol. The van der Waals surface area contributed by atoms with Crippen LogP contribution < -0.4 is 5.32 Å². The van der Waals surface area contributed by atoms with Gasteiger partial charge >= 0.3 is 0 Å². The van der Waals surface area contributed by atoms with Gasteiger partial charge in [0.1, 0.15) is 18.0 Å². The summed E-state index contributed by atoms with van der Waals surface area (Å²) in [5.41, 5.74) is 0.789. The summed E-state index contributed by atoms with van der Waals surface area (Å²) in [4.78, 5) is 18.6. The zero-order valence-corrected chi connectivity index (χ0v) is 18.0. The zero-order valence-electron chi connectivity index (χ0n) is 16.4. The Labute approximate surface area is 186 Å². The minimum absolute atomic E-state index is 0.0705. The molecule has 0 fully saturated rings. The van der Waals surface area contributed by atoms with Gasteiger partial charge in [-0.3, -0.25) is 10.1 Å². The van der Waals surface area contributed by atoms with Crippen molar-refractivity contribution in [3.63, 3.8) is 0 Å². The quantitative estimate of drug-likeness (QED) is 0.313. The standard InChI is InChI=1S/C21H14ClFN4O4S/c1-12-2-5-14(6-3-12)32(30,31)20-10-18-15(9-19(20)27(28)29)21(25-11-24-18)26-13-4-7-17(23)16(22)8-13/h2-11H,1H3,(H,24,25,26). The molecule has 4 aromatic rings. The summed E-state index contributed by atoms with van der Waals surface area (Å²) >= 11 is 5.80. The topological polar surface area (TPSA) is 115 Å². The van der Waals surface area contributed by atoms with Crippen molar-refractivity contribution < 1.29 is 17.7 Å². The Hall–Kier alpha value is -3.63. The summed E-state index contributed by atoms with van der Waals surface area (Å²) in [7, 11) is -4.19. The maximum absolute atomic E-state index is 13.4. The van der Waals surface area contributed by atoms with Crippen LogP contribution in [-0.2, 0) is 9.84 Å². The smallest absolute Gasteiger partial charge is 0.289 e. The number of benzene rings is 3. The number of nitro groups is 1. The second-order valence-corrected chi connectivity index (χ2v) is 9.21. The fraction of sp³-hybridized carbons (Fsp3) is 0.0476. The van der Waals surface area contributed by atoms with Crippen molar-refractivity contribution in [2.75, 3.05) is 5.32 Å². The maximum atomic E-state index is 13.4. The maximum Gasteiger partial charge on any atom is 0.289 e. The van der Waals surface area contributed by atoms with E-state index in [1.54, 1.807) is 19.1 Å². The molecule has 0 aliphatic heterocycles. The SMILES string of the molecule is Cc1ccc(S(=O)(=O)c2cc3ncnc(Nc4ccc(F)c(Cl)c4)c3cc2[N+](=O)[O-])cc1. The molecule has 0 aliphatic carbocycles. The van der Waals surface area contributed by atoms with Crippen LogP contribution in [0.3, 0.4) is 0 Å². The summed E-state index contributed by atoms with van der Waals surface area (Å²) in [5, 5.41) is 14.8. The number of aryl methyl sites for hydroxylation is 1. The molecule has 0 saturated carbocycles. The molecule has 3 aromatic carbocycles. The van der Waals surface area contributed by atoms with Gasteiger partial charge in [-0.15, -0.1) is 0 Å². The van der Waals surface area contributed by atoms with Crippen molar-refractivity contribution in [3.05, 3.63) is 87.4 Å². The highest BCUT2D eigenvalue weighted by atomic mass is 35.5. The highest BCUT2D eigenvalue weighted by Gasteiger charge is 2.29. The molecule has 0 amide bonds. The van der Waals surface area contributed by atoms with Gasteiger partial charge in [-0.2, -0.15) is 0 Å². The van der Waals surface area contributed by atoms with Gasteiger partial charge in [-0.1, -0.05) is 29.3 Å². The van der Waals surface area contributed by atoms with Crippen molar-refractivity contribution in [2.45, 2.75) is 16.7 Å². The first-order valence-electron chi connectivity index (χ1n) is 9.14. The van der Waals surface area contributed by atoms with E-state index in [1.165, 1.54) is 30.6 Å². The zero-order chi connectivity index (χ0) is 23.0. The molecule has 0 unspecified atom stereocenters. The molecule has 0 saturated heterocycles. The number of aromatic nitrogens is 2. The van der Waals surface area contributed by atoms with E-state index in [4.69, 9.17) is 11.6 Å². The van der Waals surface area contributed by atoms with E-state index in [0.717, 1.165) is 23.8 Å². The number of nitrogens with zero attached hydrogens (tertiary/aromatic N) is 3. The molecule has 32 heavy (non-hydrogen) atoms. The summed E-state index contributed by atoms with van der Waals surface area (Å²) in [6.45, 7) is 1.80. The molecule has 4 rings (SSSR count). The van der Waals surface area contributed by atoms with Gasteiger partial charge < -0.3 is 5.32 Å². The second kappa shape index (κ2) is 8.13. The number of nitrogens with one attached hydrogen (secondary N) is 1. The van der Waals surface area contributed by atoms with Crippen LogP contribution in [0.5, 0.6) is 0 Å². The average molecular weight is 473 g/mol. The molecule has 1 aromatic heterocycles. The van der Waals surface area contributed by atoms with E-state index >= 15 is 0 Å². The second-order valence-electron chi connectivity index (χ2n) is 6.89. The highest BCUT2D eigenvalue weighted by molar-refractivity contribution is 7.91. The van der Waals surface area contributed by atoms with Crippen molar-refractivity contribution >= 4 is 49.5 Å². The number of halogens is 2. The van der Waals surface area contributed by atoms with Gasteiger partial charge in [0, 0.05) is 17.1 Å². The molecule has 0 bridgehead atoms. The van der Waals surface area contributed by atoms with Crippen LogP contribution in [0, 0.1) is 22.9 Å². The lowest BCUT2D eigenvalue weighted by atomic mass is 10.2. The van der Waals surface area contributed by atoms with E-state index in [-0.39, 0.29) is 26.6 Å². The van der Waals surface area contributed by atoms with Crippen LogP contribution in [0.15, 0.2) is 70.7 Å². The largest absolute Gasteiger partial charge is 0.340 e. The fourth-order valence-electron chi connectivity index (χ4n) is 3.09. The Morgan fingerprint density at radius 1 is 1.06 bits per heavy atom. The number of anilines is 2. The van der Waals surface area contributed by atoms with Gasteiger partial charge in [-0.05, 0) is 43.3 Å². The van der Waals surface area contributed by atoms with E-state index in [9.17, 15) is 22.9 Å². The van der Waals surface area contributed by atoms with Crippen molar-refractivity contribution in [1.82, 2.24) is 9.97 Å². The van der Waals surface area contributed by atoms with Crippen LogP contribution in [-0.4, -0.2) is 23.3 Å². The van der Waals surface area contributed by atoms with Crippen molar-refractivity contribution in [3.8, 4) is 0 Å². The Kier molecular flexibility index (Phi) is 5.49. The predicted molar refractivity (Wildman–Crippen MR) is 118 cm³/mol. The molecule has 0 radical (unpaired) electrons. The van der Waals surface area contributed by atoms with Crippen LogP contribution in [0.1, 0.15) is 5.56 Å². The minimum atomic E-state index is -4.19. The third kappa shape index (κ3) is 3.97. The number of sulfone groups is 1. The van der Waals surface area contributed by atoms with Gasteiger partial charge in [0.15, 0.2) is 4.90 Å². The van der Waals surface area contributed by atoms with Gasteiger partial charge in [0.2, 0.25) is 9.84 Å². The summed E-state index contributed by atoms with van der Waals surface area (Å²) in [5.74, 6) is -0.439. The van der Waals surface area contributed by atoms with Gasteiger partial charge in [-0.25, -0.2) is 22.8 Å². The minimum Gasteiger partial charge on any atom is -0.340 e. The van der Waals surface area contributed by atoms with E-state index < -0.39 is 31.2 Å². The van der Waals surface area contributed by atoms with Crippen LogP contribution in [0.2, 0.25) is 5.02 Å². The number of fused-ring (bicyclic) bond motifs is 1. The Balaban J connectivity index is 1.88. The normalized spacial score (nSPS) is 11.5. The first-order valence-corrected chi connectivity index (χ1v) is 11.0. The average Bonchev–Trinajstić information content (AvgIpc) is 2.76. The van der Waals surface area contributed by atoms with Crippen LogP contribution in [0.4, 0.5) is 21.6 Å². The third-order valence-corrected chi connectivity index (χ3v) is 6.80. The number of hydrogen-bond donors (Lipinski definition) is 1. The van der Waals surface area contributed by atoms with Crippen LogP contribution >= 0.6 is 11.6 Å². The Morgan fingerprint density at radius 3 is 2.44 bits per heavy atom. The number of hydrogen-bond acceptors (Lipinski definition) is 7. The number of nitro benzene ring substituents is 1. The summed E-state index contributed by atoms with van der Waals surface area (Å²) in [6.07, 6.45) is 1.18. The third-order valence-electron chi connectivity index (χ3n) is 4.72. The summed E-state index contributed by atoms with van der Waals surface area (Å²) < 4.78 is 39.7. The fourth-order valence-corrected chi connectivity index (χ4v) is 4.69. The molecule has 1 N–H and O–H groups in total. The highest BCUT2D eigenvalue weighted by Crippen LogP contribution is 2.35. The van der Waals surface area contributed by atoms with Crippen LogP contribution in [0.25, 0.3) is 10.9 Å². The lowest BCUT2D eigenvalue weighted by molar-refractivity contribution is -0.387. The molecule has 1 heterocycles. The van der Waals surface area contributed by atoms with E-state index in [0.29, 0.717) is 5.69 Å². The molecule has 0 spiro atoms. The van der Waals surface area contributed by atoms with Gasteiger partial charge in [0.05, 0.1) is 20.4 Å². The lowest BCUT2D eigenvalue weighted by Gasteiger charge is -2.11. The Morgan fingerprint density at radius 2 is 1.78 bits per heavy atom. The van der Waals surface area contributed by atoms with E-state index in [1.807, 2.05) is 0 Å². The van der Waals surface area contributed by atoms with Gasteiger partial charge in [0.25, 0.3) is 5.69 Å². The summed E-state index contributed by atoms with van der Waals surface area (Å²) in [6, 6.07) is 12.2. The predicted octanol–water partition coefficient (Wildman–Crippen LogP) is 5.22. The van der Waals surface area contributed by atoms with Crippen molar-refractivity contribution in [1.29, 1.82) is 0 Å². The van der Waals surface area contributed by atoms with E-state index in [2.05, 4.69) is 15.3 Å². The number of rotatable bonds is 5. The molecular formula is C21H14ClFN4O4S. The molecule has 0 aliphatic rings.